The van der Waals surface area contributed by atoms with E-state index in [-0.39, 0.29) is 11.9 Å². The average Bonchev–Trinajstić information content (AvgIpc) is 3.57. The highest BCUT2D eigenvalue weighted by atomic mass is 32.1. The number of imidazole rings is 2. The molecule has 4 aromatic rings. The number of hydrogen-bond donors (Lipinski definition) is 1. The number of amides is 1. The van der Waals surface area contributed by atoms with Crippen LogP contribution in [0.25, 0.3) is 4.96 Å². The first-order valence-corrected chi connectivity index (χ1v) is 12.1. The normalized spacial score (nSPS) is 19.4. The molecule has 1 fully saturated rings. The summed E-state index contributed by atoms with van der Waals surface area (Å²) in [5.74, 6) is 0.0635. The zero-order chi connectivity index (χ0) is 21.5. The second-order valence-electron chi connectivity index (χ2n) is 8.49. The maximum atomic E-state index is 13.4. The van der Waals surface area contributed by atoms with E-state index in [0.29, 0.717) is 12.2 Å². The van der Waals surface area contributed by atoms with Gasteiger partial charge in [0.25, 0.3) is 5.91 Å². The summed E-state index contributed by atoms with van der Waals surface area (Å²) in [6.45, 7) is 3.15. The summed E-state index contributed by atoms with van der Waals surface area (Å²) in [5, 5.41) is 2.03. The van der Waals surface area contributed by atoms with E-state index in [4.69, 9.17) is 4.98 Å². The van der Waals surface area contributed by atoms with Gasteiger partial charge in [-0.25, -0.2) is 9.97 Å². The smallest absolute Gasteiger partial charge is 0.274 e. The summed E-state index contributed by atoms with van der Waals surface area (Å²) >= 11 is 1.57. The Morgan fingerprint density at radius 1 is 1.16 bits per heavy atom. The number of nitrogens with one attached hydrogen (secondary N) is 1. The number of aromatic nitrogens is 5. The highest BCUT2D eigenvalue weighted by Gasteiger charge is 2.34. The fourth-order valence-corrected chi connectivity index (χ4v) is 5.74. The number of fused-ring (bicyclic) bond motifs is 2. The molecule has 0 aromatic carbocycles. The van der Waals surface area contributed by atoms with Crippen LogP contribution in [0.15, 0.2) is 42.4 Å². The standard InChI is InChI=1S/C23H25N7OS/c31-22(28-9-2-1-3-10-28)20-18(30-12-13-32-23(30)27-20)14-29-11-6-17-19(26-15-25-17)21(29)16-4-7-24-8-5-16/h4-5,7-8,12-13,15,21H,1-3,6,9-11,14H2,(H,25,26). The van der Waals surface area contributed by atoms with Gasteiger partial charge in [-0.3, -0.25) is 19.1 Å². The van der Waals surface area contributed by atoms with E-state index < -0.39 is 0 Å². The van der Waals surface area contributed by atoms with Gasteiger partial charge in [-0.2, -0.15) is 0 Å². The lowest BCUT2D eigenvalue weighted by Gasteiger charge is -2.35. The van der Waals surface area contributed by atoms with Crippen LogP contribution in [0.3, 0.4) is 0 Å². The van der Waals surface area contributed by atoms with Crippen LogP contribution >= 0.6 is 11.3 Å². The Morgan fingerprint density at radius 3 is 2.84 bits per heavy atom. The summed E-state index contributed by atoms with van der Waals surface area (Å²) in [4.78, 5) is 35.6. The summed E-state index contributed by atoms with van der Waals surface area (Å²) in [6, 6.07) is 4.12. The molecule has 1 unspecified atom stereocenters. The molecule has 0 spiro atoms. The van der Waals surface area contributed by atoms with E-state index in [1.54, 1.807) is 17.7 Å². The van der Waals surface area contributed by atoms with Crippen LogP contribution in [0.1, 0.15) is 58.4 Å². The molecular formula is C23H25N7OS. The van der Waals surface area contributed by atoms with E-state index in [9.17, 15) is 4.79 Å². The molecule has 0 saturated carbocycles. The van der Waals surface area contributed by atoms with E-state index in [1.165, 1.54) is 12.1 Å². The molecule has 2 aliphatic rings. The first-order chi connectivity index (χ1) is 15.8. The van der Waals surface area contributed by atoms with Crippen LogP contribution in [0.4, 0.5) is 0 Å². The number of piperidine rings is 1. The average molecular weight is 448 g/mol. The molecule has 1 N–H and O–H groups in total. The SMILES string of the molecule is O=C(c1nc2sccn2c1CN1CCc2[nH]cnc2C1c1ccncc1)N1CCCCC1. The van der Waals surface area contributed by atoms with Gasteiger partial charge in [0.1, 0.15) is 0 Å². The molecular weight excluding hydrogens is 422 g/mol. The number of likely N-dealkylation sites (tertiary alicyclic amines) is 1. The third-order valence-electron chi connectivity index (χ3n) is 6.61. The van der Waals surface area contributed by atoms with E-state index in [2.05, 4.69) is 36.4 Å². The molecule has 1 atom stereocenters. The molecule has 2 aliphatic heterocycles. The number of carbonyl (C=O) groups excluding carboxylic acids is 1. The van der Waals surface area contributed by atoms with Gasteiger partial charge >= 0.3 is 0 Å². The molecule has 4 aromatic heterocycles. The third kappa shape index (κ3) is 3.32. The van der Waals surface area contributed by atoms with Gasteiger partial charge in [0.2, 0.25) is 0 Å². The molecule has 0 aliphatic carbocycles. The summed E-state index contributed by atoms with van der Waals surface area (Å²) < 4.78 is 2.09. The van der Waals surface area contributed by atoms with Crippen molar-refractivity contribution in [1.82, 2.24) is 34.1 Å². The number of H-pyrrole nitrogens is 1. The summed E-state index contributed by atoms with van der Waals surface area (Å²) in [6.07, 6.45) is 11.7. The Labute approximate surface area is 189 Å². The first-order valence-electron chi connectivity index (χ1n) is 11.2. The summed E-state index contributed by atoms with van der Waals surface area (Å²) in [7, 11) is 0. The molecule has 8 nitrogen and oxygen atoms in total. The minimum absolute atomic E-state index is 0.00937. The predicted molar refractivity (Wildman–Crippen MR) is 122 cm³/mol. The fourth-order valence-electron chi connectivity index (χ4n) is 5.00. The summed E-state index contributed by atoms with van der Waals surface area (Å²) in [5.41, 5.74) is 4.96. The number of carbonyl (C=O) groups is 1. The van der Waals surface area contributed by atoms with Crippen molar-refractivity contribution in [2.75, 3.05) is 19.6 Å². The predicted octanol–water partition coefficient (Wildman–Crippen LogP) is 3.29. The zero-order valence-corrected chi connectivity index (χ0v) is 18.6. The molecule has 1 saturated heterocycles. The number of hydrogen-bond acceptors (Lipinski definition) is 6. The molecule has 164 valence electrons. The van der Waals surface area contributed by atoms with Crippen LogP contribution in [0.5, 0.6) is 0 Å². The molecule has 9 heteroatoms. The lowest BCUT2D eigenvalue weighted by Crippen LogP contribution is -2.38. The third-order valence-corrected chi connectivity index (χ3v) is 7.36. The number of aromatic amines is 1. The maximum absolute atomic E-state index is 13.4. The van der Waals surface area contributed by atoms with E-state index in [1.807, 2.05) is 28.9 Å². The number of rotatable bonds is 4. The monoisotopic (exact) mass is 447 g/mol. The van der Waals surface area contributed by atoms with Gasteiger partial charge in [-0.1, -0.05) is 0 Å². The molecule has 0 radical (unpaired) electrons. The molecule has 32 heavy (non-hydrogen) atoms. The van der Waals surface area contributed by atoms with Crippen LogP contribution in [0.2, 0.25) is 0 Å². The highest BCUT2D eigenvalue weighted by molar-refractivity contribution is 7.15. The van der Waals surface area contributed by atoms with Gasteiger partial charge in [-0.05, 0) is 37.0 Å². The Hall–Kier alpha value is -3.04. The molecule has 0 bridgehead atoms. The number of nitrogens with zero attached hydrogens (tertiary/aromatic N) is 6. The zero-order valence-electron chi connectivity index (χ0n) is 17.8. The Bertz CT molecular complexity index is 1240. The van der Waals surface area contributed by atoms with Crippen LogP contribution in [0, 0.1) is 0 Å². The minimum atomic E-state index is 0.00937. The quantitative estimate of drug-likeness (QED) is 0.519. The second-order valence-corrected chi connectivity index (χ2v) is 9.36. The lowest BCUT2D eigenvalue weighted by molar-refractivity contribution is 0.0715. The topological polar surface area (TPSA) is 82.4 Å². The van der Waals surface area contributed by atoms with Gasteiger partial charge in [0, 0.05) is 62.3 Å². The van der Waals surface area contributed by atoms with Crippen molar-refractivity contribution < 1.29 is 4.79 Å². The molecule has 6 heterocycles. The van der Waals surface area contributed by atoms with Gasteiger partial charge in [-0.15, -0.1) is 11.3 Å². The Balaban J connectivity index is 1.39. The van der Waals surface area contributed by atoms with Crippen molar-refractivity contribution in [3.63, 3.8) is 0 Å². The van der Waals surface area contributed by atoms with Gasteiger partial charge in [0.15, 0.2) is 10.7 Å². The van der Waals surface area contributed by atoms with Crippen LogP contribution in [-0.4, -0.2) is 59.7 Å². The van der Waals surface area contributed by atoms with Crippen molar-refractivity contribution in [2.45, 2.75) is 38.3 Å². The van der Waals surface area contributed by atoms with Crippen LogP contribution in [-0.2, 0) is 13.0 Å². The van der Waals surface area contributed by atoms with Gasteiger partial charge in [0.05, 0.1) is 23.8 Å². The molecule has 6 rings (SSSR count). The Kier molecular flexibility index (Phi) is 4.99. The van der Waals surface area contributed by atoms with Gasteiger partial charge < -0.3 is 9.88 Å². The van der Waals surface area contributed by atoms with Crippen LogP contribution < -0.4 is 0 Å². The van der Waals surface area contributed by atoms with Crippen molar-refractivity contribution in [3.8, 4) is 0 Å². The highest BCUT2D eigenvalue weighted by Crippen LogP contribution is 2.35. The second kappa shape index (κ2) is 8.14. The maximum Gasteiger partial charge on any atom is 0.274 e. The van der Waals surface area contributed by atoms with Crippen molar-refractivity contribution in [1.29, 1.82) is 0 Å². The number of pyridine rings is 1. The molecule has 1 amide bonds. The van der Waals surface area contributed by atoms with E-state index >= 15 is 0 Å². The van der Waals surface area contributed by atoms with Crippen molar-refractivity contribution in [3.05, 3.63) is 70.8 Å². The van der Waals surface area contributed by atoms with Crippen molar-refractivity contribution >= 4 is 22.2 Å². The number of thiazole rings is 1. The minimum Gasteiger partial charge on any atom is -0.348 e. The fraction of sp³-hybridized carbons (Fsp3) is 0.391. The first kappa shape index (κ1) is 19.6. The Morgan fingerprint density at radius 2 is 2.00 bits per heavy atom. The largest absolute Gasteiger partial charge is 0.348 e. The van der Waals surface area contributed by atoms with Crippen molar-refractivity contribution in [2.24, 2.45) is 0 Å². The van der Waals surface area contributed by atoms with E-state index in [0.717, 1.165) is 60.8 Å². The lowest BCUT2D eigenvalue weighted by atomic mass is 9.96.